The minimum atomic E-state index is -0.524. The average molecular weight is 600 g/mol. The van der Waals surface area contributed by atoms with E-state index in [2.05, 4.69) is 39.5 Å². The van der Waals surface area contributed by atoms with Crippen molar-refractivity contribution in [2.75, 3.05) is 64.3 Å². The Morgan fingerprint density at radius 1 is 0.886 bits per heavy atom. The van der Waals surface area contributed by atoms with Crippen LogP contribution in [0.4, 0.5) is 16.4 Å². The third-order valence-electron chi connectivity index (χ3n) is 7.51. The molecule has 1 N–H and O–H groups in total. The summed E-state index contributed by atoms with van der Waals surface area (Å²) in [6.45, 7) is 8.83. The summed E-state index contributed by atoms with van der Waals surface area (Å²) in [5.41, 5.74) is 3.47. The number of rotatable bonds is 9. The topological polar surface area (TPSA) is 98.3 Å². The van der Waals surface area contributed by atoms with Gasteiger partial charge in [0, 0.05) is 55.6 Å². The summed E-state index contributed by atoms with van der Waals surface area (Å²) < 4.78 is 21.9. The Hall–Kier alpha value is -4.73. The van der Waals surface area contributed by atoms with Crippen LogP contribution in [0.1, 0.15) is 26.3 Å². The van der Waals surface area contributed by atoms with Gasteiger partial charge in [-0.2, -0.15) is 0 Å². The number of hydrogen-bond acceptors (Lipinski definition) is 9. The highest BCUT2D eigenvalue weighted by Gasteiger charge is 2.27. The SMILES string of the molecule is COc1ccc2cc(-c3ccnc(NCCc4ccc(OC)c(OC)c4)n3)cc(N3CCN(C(=O)OC(C)(C)C)CC3)c2c1. The van der Waals surface area contributed by atoms with Crippen molar-refractivity contribution >= 4 is 28.5 Å². The fourth-order valence-corrected chi connectivity index (χ4v) is 5.27. The highest BCUT2D eigenvalue weighted by molar-refractivity contribution is 5.99. The first kappa shape index (κ1) is 30.7. The summed E-state index contributed by atoms with van der Waals surface area (Å²) in [6.07, 6.45) is 2.27. The largest absolute Gasteiger partial charge is 0.497 e. The highest BCUT2D eigenvalue weighted by Crippen LogP contribution is 2.36. The minimum Gasteiger partial charge on any atom is -0.497 e. The number of aromatic nitrogens is 2. The molecule has 0 radical (unpaired) electrons. The lowest BCUT2D eigenvalue weighted by Crippen LogP contribution is -2.50. The van der Waals surface area contributed by atoms with Gasteiger partial charge in [0.1, 0.15) is 11.4 Å². The molecule has 1 aliphatic heterocycles. The van der Waals surface area contributed by atoms with E-state index in [0.717, 1.165) is 45.5 Å². The summed E-state index contributed by atoms with van der Waals surface area (Å²) in [7, 11) is 4.94. The van der Waals surface area contributed by atoms with E-state index in [4.69, 9.17) is 23.9 Å². The fraction of sp³-hybridized carbons (Fsp3) is 0.382. The zero-order valence-electron chi connectivity index (χ0n) is 26.3. The fourth-order valence-electron chi connectivity index (χ4n) is 5.27. The summed E-state index contributed by atoms with van der Waals surface area (Å²) in [5.74, 6) is 2.77. The van der Waals surface area contributed by atoms with Gasteiger partial charge in [-0.1, -0.05) is 12.1 Å². The number of amides is 1. The number of nitrogens with one attached hydrogen (secondary N) is 1. The third kappa shape index (κ3) is 7.24. The molecule has 0 bridgehead atoms. The lowest BCUT2D eigenvalue weighted by molar-refractivity contribution is 0.0240. The molecule has 1 amide bonds. The van der Waals surface area contributed by atoms with E-state index < -0.39 is 5.60 Å². The van der Waals surface area contributed by atoms with Gasteiger partial charge in [0.15, 0.2) is 11.5 Å². The highest BCUT2D eigenvalue weighted by atomic mass is 16.6. The smallest absolute Gasteiger partial charge is 0.410 e. The normalized spacial score (nSPS) is 13.5. The molecule has 0 spiro atoms. The standard InChI is InChI=1S/C34H41N5O5/c1-34(2,3)44-33(40)39-17-15-38(16-18-39)29-21-25(20-24-8-9-26(41-4)22-27(24)29)28-12-14-36-32(37-28)35-13-11-23-7-10-30(42-5)31(19-23)43-6/h7-10,12,14,19-22H,11,13,15-18H2,1-6H3,(H,35,36,37). The number of nitrogens with zero attached hydrogens (tertiary/aromatic N) is 4. The van der Waals surface area contributed by atoms with Gasteiger partial charge >= 0.3 is 6.09 Å². The number of ether oxygens (including phenoxy) is 4. The first-order valence-electron chi connectivity index (χ1n) is 14.8. The van der Waals surface area contributed by atoms with Gasteiger partial charge in [0.2, 0.25) is 5.95 Å². The van der Waals surface area contributed by atoms with Crippen LogP contribution in [0.5, 0.6) is 17.2 Å². The van der Waals surface area contributed by atoms with Crippen LogP contribution in [-0.2, 0) is 11.2 Å². The van der Waals surface area contributed by atoms with E-state index in [1.54, 1.807) is 32.4 Å². The summed E-state index contributed by atoms with van der Waals surface area (Å²) in [5, 5.41) is 5.52. The first-order valence-corrected chi connectivity index (χ1v) is 14.8. The van der Waals surface area contributed by atoms with Crippen molar-refractivity contribution in [3.8, 4) is 28.5 Å². The molecule has 1 aromatic heterocycles. The number of methoxy groups -OCH3 is 3. The van der Waals surface area contributed by atoms with E-state index in [-0.39, 0.29) is 6.09 Å². The summed E-state index contributed by atoms with van der Waals surface area (Å²) in [4.78, 5) is 26.1. The van der Waals surface area contributed by atoms with Gasteiger partial charge in [-0.3, -0.25) is 0 Å². The van der Waals surface area contributed by atoms with Crippen molar-refractivity contribution in [1.29, 1.82) is 0 Å². The monoisotopic (exact) mass is 599 g/mol. The zero-order valence-corrected chi connectivity index (χ0v) is 26.3. The molecule has 10 nitrogen and oxygen atoms in total. The second-order valence-corrected chi connectivity index (χ2v) is 11.7. The van der Waals surface area contributed by atoms with Gasteiger partial charge in [0.25, 0.3) is 0 Å². The molecule has 10 heteroatoms. The first-order chi connectivity index (χ1) is 21.2. The molecule has 3 aromatic carbocycles. The molecule has 1 fully saturated rings. The molecule has 44 heavy (non-hydrogen) atoms. The molecule has 0 aliphatic carbocycles. The molecule has 2 heterocycles. The van der Waals surface area contributed by atoms with Crippen LogP contribution in [0, 0.1) is 0 Å². The second kappa shape index (κ2) is 13.3. The van der Waals surface area contributed by atoms with Gasteiger partial charge < -0.3 is 34.1 Å². The third-order valence-corrected chi connectivity index (χ3v) is 7.51. The van der Waals surface area contributed by atoms with Crippen LogP contribution in [0.15, 0.2) is 60.8 Å². The van der Waals surface area contributed by atoms with E-state index in [0.29, 0.717) is 50.2 Å². The Kier molecular flexibility index (Phi) is 9.27. The van der Waals surface area contributed by atoms with Crippen LogP contribution in [0.2, 0.25) is 0 Å². The lowest BCUT2D eigenvalue weighted by atomic mass is 10.0. The maximum absolute atomic E-state index is 12.7. The Balaban J connectivity index is 1.35. The molecule has 1 aliphatic rings. The molecule has 1 saturated heterocycles. The summed E-state index contributed by atoms with van der Waals surface area (Å²) >= 11 is 0. The Morgan fingerprint density at radius 3 is 2.36 bits per heavy atom. The van der Waals surface area contributed by atoms with Crippen LogP contribution in [0.25, 0.3) is 22.0 Å². The number of benzene rings is 3. The van der Waals surface area contributed by atoms with E-state index in [1.165, 1.54) is 0 Å². The minimum absolute atomic E-state index is 0.274. The number of carbonyl (C=O) groups is 1. The Bertz CT molecular complexity index is 1610. The number of carbonyl (C=O) groups excluding carboxylic acids is 1. The van der Waals surface area contributed by atoms with Gasteiger partial charge in [-0.15, -0.1) is 0 Å². The van der Waals surface area contributed by atoms with Crippen LogP contribution in [0.3, 0.4) is 0 Å². The molecular weight excluding hydrogens is 558 g/mol. The average Bonchev–Trinajstić information content (AvgIpc) is 3.03. The van der Waals surface area contributed by atoms with Gasteiger partial charge in [-0.25, -0.2) is 14.8 Å². The number of fused-ring (bicyclic) bond motifs is 1. The summed E-state index contributed by atoms with van der Waals surface area (Å²) in [6, 6.07) is 18.3. The number of piperazine rings is 1. The van der Waals surface area contributed by atoms with E-state index >= 15 is 0 Å². The maximum Gasteiger partial charge on any atom is 0.410 e. The van der Waals surface area contributed by atoms with Crippen molar-refractivity contribution in [2.24, 2.45) is 0 Å². The molecule has 5 rings (SSSR count). The quantitative estimate of drug-likeness (QED) is 0.247. The van der Waals surface area contributed by atoms with Crippen LogP contribution < -0.4 is 24.4 Å². The van der Waals surface area contributed by atoms with Crippen LogP contribution >= 0.6 is 0 Å². The molecule has 0 unspecified atom stereocenters. The molecule has 0 atom stereocenters. The van der Waals surface area contributed by atoms with Crippen molar-refractivity contribution in [3.63, 3.8) is 0 Å². The molecule has 232 valence electrons. The molecular formula is C34H41N5O5. The predicted octanol–water partition coefficient (Wildman–Crippen LogP) is 6.03. The van der Waals surface area contributed by atoms with E-state index in [9.17, 15) is 4.79 Å². The second-order valence-electron chi connectivity index (χ2n) is 11.7. The zero-order chi connectivity index (χ0) is 31.3. The lowest BCUT2D eigenvalue weighted by Gasteiger charge is -2.37. The molecule has 4 aromatic rings. The van der Waals surface area contributed by atoms with Crippen LogP contribution in [-0.4, -0.2) is 80.6 Å². The number of anilines is 2. The van der Waals surface area contributed by atoms with Crippen molar-refractivity contribution < 1.29 is 23.7 Å². The van der Waals surface area contributed by atoms with Gasteiger partial charge in [0.05, 0.1) is 27.0 Å². The van der Waals surface area contributed by atoms with Crippen molar-refractivity contribution in [2.45, 2.75) is 32.8 Å². The number of hydrogen-bond donors (Lipinski definition) is 1. The van der Waals surface area contributed by atoms with Crippen molar-refractivity contribution in [1.82, 2.24) is 14.9 Å². The maximum atomic E-state index is 12.7. The van der Waals surface area contributed by atoms with Gasteiger partial charge in [-0.05, 0) is 80.6 Å². The predicted molar refractivity (Wildman–Crippen MR) is 173 cm³/mol. The Morgan fingerprint density at radius 2 is 1.66 bits per heavy atom. The van der Waals surface area contributed by atoms with E-state index in [1.807, 2.05) is 51.1 Å². The van der Waals surface area contributed by atoms with Crippen molar-refractivity contribution in [3.05, 3.63) is 66.4 Å². The molecule has 0 saturated carbocycles. The Labute approximate surface area is 258 Å².